The Kier molecular flexibility index (Phi) is 2.50. The number of hydrogen-bond acceptors (Lipinski definition) is 3. The van der Waals surface area contributed by atoms with Crippen molar-refractivity contribution in [2.45, 2.75) is 13.0 Å². The molecule has 14 heavy (non-hydrogen) atoms. The Balaban J connectivity index is 2.09. The minimum atomic E-state index is 0.0253. The van der Waals surface area contributed by atoms with Crippen LogP contribution in [0.3, 0.4) is 0 Å². The molecule has 1 aliphatic rings. The quantitative estimate of drug-likeness (QED) is 0.538. The van der Waals surface area contributed by atoms with E-state index in [9.17, 15) is 4.79 Å². The van der Waals surface area contributed by atoms with Crippen molar-refractivity contribution in [1.29, 1.82) is 0 Å². The van der Waals surface area contributed by atoms with Gasteiger partial charge in [0.05, 0.1) is 12.2 Å². The topological polar surface area (TPSA) is 38.8 Å². The molecule has 1 fully saturated rings. The Hall–Kier alpha value is -1.35. The molecule has 0 amide bonds. The zero-order valence-corrected chi connectivity index (χ0v) is 8.03. The van der Waals surface area contributed by atoms with E-state index >= 15 is 0 Å². The number of para-hydroxylation sites is 1. The second kappa shape index (κ2) is 3.80. The maximum atomic E-state index is 11.2. The van der Waals surface area contributed by atoms with E-state index in [0.717, 1.165) is 6.61 Å². The summed E-state index contributed by atoms with van der Waals surface area (Å²) in [6.07, 6.45) is 0.218. The molecule has 0 aromatic heterocycles. The van der Waals surface area contributed by atoms with Gasteiger partial charge in [-0.15, -0.1) is 0 Å². The number of carbonyl (C=O) groups is 1. The number of hydrogen-bond donors (Lipinski definition) is 0. The Bertz CT molecular complexity index is 342. The molecule has 1 aromatic carbocycles. The molecule has 74 valence electrons. The van der Waals surface area contributed by atoms with Crippen LogP contribution < -0.4 is 4.74 Å². The highest BCUT2D eigenvalue weighted by Gasteiger charge is 2.23. The van der Waals surface area contributed by atoms with Crippen molar-refractivity contribution in [3.05, 3.63) is 29.8 Å². The lowest BCUT2D eigenvalue weighted by Gasteiger charge is -2.07. The summed E-state index contributed by atoms with van der Waals surface area (Å²) in [5, 5.41) is 0. The molecule has 0 unspecified atom stereocenters. The van der Waals surface area contributed by atoms with Gasteiger partial charge in [-0.2, -0.15) is 0 Å². The summed E-state index contributed by atoms with van der Waals surface area (Å²) < 4.78 is 10.5. The highest BCUT2D eigenvalue weighted by atomic mass is 16.6. The van der Waals surface area contributed by atoms with Crippen LogP contribution in [0.4, 0.5) is 0 Å². The molecule has 0 bridgehead atoms. The maximum absolute atomic E-state index is 11.2. The minimum absolute atomic E-state index is 0.0253. The Morgan fingerprint density at radius 2 is 2.29 bits per heavy atom. The Labute approximate surface area is 82.6 Å². The van der Waals surface area contributed by atoms with Crippen molar-refractivity contribution < 1.29 is 14.3 Å². The highest BCUT2D eigenvalue weighted by Crippen LogP contribution is 2.20. The van der Waals surface area contributed by atoms with Gasteiger partial charge in [0.2, 0.25) is 0 Å². The molecular formula is C11H12O3. The van der Waals surface area contributed by atoms with Crippen molar-refractivity contribution in [2.75, 3.05) is 13.2 Å². The van der Waals surface area contributed by atoms with Crippen LogP contribution >= 0.6 is 0 Å². The third-order valence-corrected chi connectivity index (χ3v) is 2.09. The summed E-state index contributed by atoms with van der Waals surface area (Å²) in [4.78, 5) is 11.2. The maximum Gasteiger partial charge on any atom is 0.163 e. The first-order valence-electron chi connectivity index (χ1n) is 4.62. The fraction of sp³-hybridized carbons (Fsp3) is 0.364. The van der Waals surface area contributed by atoms with Crippen molar-refractivity contribution in [3.63, 3.8) is 0 Å². The predicted octanol–water partition coefficient (Wildman–Crippen LogP) is 1.67. The molecule has 2 rings (SSSR count). The van der Waals surface area contributed by atoms with Crippen LogP contribution in [0.15, 0.2) is 24.3 Å². The number of ketones is 1. The molecule has 1 heterocycles. The normalized spacial score (nSPS) is 19.1. The van der Waals surface area contributed by atoms with E-state index in [1.54, 1.807) is 12.1 Å². The van der Waals surface area contributed by atoms with Gasteiger partial charge in [0.1, 0.15) is 18.5 Å². The van der Waals surface area contributed by atoms with E-state index in [1.165, 1.54) is 6.92 Å². The monoisotopic (exact) mass is 192 g/mol. The molecule has 0 radical (unpaired) electrons. The lowest BCUT2D eigenvalue weighted by Crippen LogP contribution is -2.07. The molecular weight excluding hydrogens is 180 g/mol. The first kappa shape index (κ1) is 9.21. The van der Waals surface area contributed by atoms with E-state index in [-0.39, 0.29) is 11.9 Å². The average Bonchev–Trinajstić information content (AvgIpc) is 2.98. The van der Waals surface area contributed by atoms with E-state index in [0.29, 0.717) is 17.9 Å². The standard InChI is InChI=1S/C11H12O3/c1-8(12)10-4-2-3-5-11(10)14-7-9-6-13-9/h2-5,9H,6-7H2,1H3/t9-/m1/s1. The van der Waals surface area contributed by atoms with E-state index in [4.69, 9.17) is 9.47 Å². The van der Waals surface area contributed by atoms with Gasteiger partial charge in [-0.3, -0.25) is 4.79 Å². The van der Waals surface area contributed by atoms with Crippen molar-refractivity contribution in [2.24, 2.45) is 0 Å². The van der Waals surface area contributed by atoms with Gasteiger partial charge >= 0.3 is 0 Å². The second-order valence-corrected chi connectivity index (χ2v) is 3.32. The molecule has 1 aliphatic heterocycles. The molecule has 0 aliphatic carbocycles. The molecule has 0 spiro atoms. The number of ether oxygens (including phenoxy) is 2. The number of epoxide rings is 1. The minimum Gasteiger partial charge on any atom is -0.490 e. The number of carbonyl (C=O) groups excluding carboxylic acids is 1. The van der Waals surface area contributed by atoms with Gasteiger partial charge in [-0.05, 0) is 19.1 Å². The molecule has 1 saturated heterocycles. The molecule has 3 nitrogen and oxygen atoms in total. The summed E-state index contributed by atoms with van der Waals surface area (Å²) in [7, 11) is 0. The fourth-order valence-corrected chi connectivity index (χ4v) is 1.23. The number of Topliss-reactive ketones (excluding diaryl/α,β-unsaturated/α-hetero) is 1. The van der Waals surface area contributed by atoms with E-state index in [1.807, 2.05) is 12.1 Å². The first-order chi connectivity index (χ1) is 6.77. The van der Waals surface area contributed by atoms with Crippen LogP contribution in [0.1, 0.15) is 17.3 Å². The third kappa shape index (κ3) is 2.12. The summed E-state index contributed by atoms with van der Waals surface area (Å²) in [6.45, 7) is 2.84. The first-order valence-corrected chi connectivity index (χ1v) is 4.62. The van der Waals surface area contributed by atoms with Crippen LogP contribution in [-0.2, 0) is 4.74 Å². The molecule has 0 N–H and O–H groups in total. The number of rotatable bonds is 4. The van der Waals surface area contributed by atoms with Gasteiger partial charge in [-0.1, -0.05) is 12.1 Å². The largest absolute Gasteiger partial charge is 0.490 e. The second-order valence-electron chi connectivity index (χ2n) is 3.32. The van der Waals surface area contributed by atoms with Crippen LogP contribution in [0.2, 0.25) is 0 Å². The van der Waals surface area contributed by atoms with Gasteiger partial charge in [0.15, 0.2) is 5.78 Å². The van der Waals surface area contributed by atoms with Gasteiger partial charge < -0.3 is 9.47 Å². The Morgan fingerprint density at radius 1 is 1.57 bits per heavy atom. The summed E-state index contributed by atoms with van der Waals surface area (Å²) in [5.41, 5.74) is 0.633. The molecule has 0 saturated carbocycles. The predicted molar refractivity (Wildman–Crippen MR) is 51.7 cm³/mol. The van der Waals surface area contributed by atoms with Gasteiger partial charge in [0.25, 0.3) is 0 Å². The third-order valence-electron chi connectivity index (χ3n) is 2.09. The van der Waals surface area contributed by atoms with E-state index < -0.39 is 0 Å². The highest BCUT2D eigenvalue weighted by molar-refractivity contribution is 5.96. The molecule has 1 aromatic rings. The fourth-order valence-electron chi connectivity index (χ4n) is 1.23. The van der Waals surface area contributed by atoms with Crippen LogP contribution in [0, 0.1) is 0 Å². The van der Waals surface area contributed by atoms with E-state index in [2.05, 4.69) is 0 Å². The van der Waals surface area contributed by atoms with Crippen molar-refractivity contribution >= 4 is 5.78 Å². The lowest BCUT2D eigenvalue weighted by molar-refractivity contribution is 0.101. The molecule has 3 heteroatoms. The SMILES string of the molecule is CC(=O)c1ccccc1OC[C@H]1CO1. The smallest absolute Gasteiger partial charge is 0.163 e. The van der Waals surface area contributed by atoms with Gasteiger partial charge in [0, 0.05) is 0 Å². The van der Waals surface area contributed by atoms with Crippen LogP contribution in [-0.4, -0.2) is 25.1 Å². The van der Waals surface area contributed by atoms with Crippen LogP contribution in [0.25, 0.3) is 0 Å². The summed E-state index contributed by atoms with van der Waals surface area (Å²) in [5.74, 6) is 0.674. The van der Waals surface area contributed by atoms with Crippen molar-refractivity contribution in [1.82, 2.24) is 0 Å². The zero-order chi connectivity index (χ0) is 9.97. The molecule has 1 atom stereocenters. The summed E-state index contributed by atoms with van der Waals surface area (Å²) >= 11 is 0. The van der Waals surface area contributed by atoms with Crippen molar-refractivity contribution in [3.8, 4) is 5.75 Å². The van der Waals surface area contributed by atoms with Gasteiger partial charge in [-0.25, -0.2) is 0 Å². The Morgan fingerprint density at radius 3 is 2.93 bits per heavy atom. The average molecular weight is 192 g/mol. The lowest BCUT2D eigenvalue weighted by atomic mass is 10.1. The zero-order valence-electron chi connectivity index (χ0n) is 8.03. The number of benzene rings is 1. The summed E-state index contributed by atoms with van der Waals surface area (Å²) in [6, 6.07) is 7.26. The van der Waals surface area contributed by atoms with Crippen LogP contribution in [0.5, 0.6) is 5.75 Å².